The Labute approximate surface area is 132 Å². The van der Waals surface area contributed by atoms with Crippen LogP contribution in [0, 0.1) is 0 Å². The van der Waals surface area contributed by atoms with Crippen molar-refractivity contribution in [2.75, 3.05) is 26.7 Å². The van der Waals surface area contributed by atoms with Crippen molar-refractivity contribution in [2.45, 2.75) is 44.2 Å². The van der Waals surface area contributed by atoms with Gasteiger partial charge in [0, 0.05) is 45.1 Å². The molecular formula is C18H24N2O2. The van der Waals surface area contributed by atoms with E-state index in [9.17, 15) is 4.79 Å². The molecule has 2 fully saturated rings. The summed E-state index contributed by atoms with van der Waals surface area (Å²) >= 11 is 0. The lowest BCUT2D eigenvalue weighted by molar-refractivity contribution is -0.130. The SMILES string of the molecule is CN1C(=O)CCC12CCN(Cc1ccc3c(c1)CCO3)CC2. The lowest BCUT2D eigenvalue weighted by Crippen LogP contribution is -2.51. The second-order valence-electron chi connectivity index (χ2n) is 6.99. The van der Waals surface area contributed by atoms with Crippen LogP contribution in [0.4, 0.5) is 0 Å². The summed E-state index contributed by atoms with van der Waals surface area (Å²) in [7, 11) is 1.99. The van der Waals surface area contributed by atoms with Gasteiger partial charge in [0.2, 0.25) is 5.91 Å². The van der Waals surface area contributed by atoms with Crippen molar-refractivity contribution in [3.63, 3.8) is 0 Å². The molecule has 0 saturated carbocycles. The molecule has 2 saturated heterocycles. The Balaban J connectivity index is 1.39. The number of hydrogen-bond acceptors (Lipinski definition) is 3. The first-order valence-corrected chi connectivity index (χ1v) is 8.40. The zero-order chi connectivity index (χ0) is 15.2. The molecule has 1 amide bonds. The fourth-order valence-corrected chi connectivity index (χ4v) is 4.25. The first-order chi connectivity index (χ1) is 10.7. The molecule has 1 aromatic carbocycles. The summed E-state index contributed by atoms with van der Waals surface area (Å²) in [5.74, 6) is 1.39. The Kier molecular flexibility index (Phi) is 3.37. The number of amides is 1. The highest BCUT2D eigenvalue weighted by atomic mass is 16.5. The standard InChI is InChI=1S/C18H24N2O2/c1-19-17(21)4-6-18(19)7-9-20(10-8-18)13-14-2-3-16-15(12-14)5-11-22-16/h2-3,12H,4-11,13H2,1H3. The molecule has 4 nitrogen and oxygen atoms in total. The smallest absolute Gasteiger partial charge is 0.222 e. The Bertz CT molecular complexity index is 591. The number of hydrogen-bond donors (Lipinski definition) is 0. The molecule has 1 aromatic rings. The molecule has 0 N–H and O–H groups in total. The van der Waals surface area contributed by atoms with E-state index >= 15 is 0 Å². The molecule has 4 rings (SSSR count). The van der Waals surface area contributed by atoms with E-state index < -0.39 is 0 Å². The number of carbonyl (C=O) groups excluding carboxylic acids is 1. The van der Waals surface area contributed by atoms with Crippen LogP contribution in [0.3, 0.4) is 0 Å². The Hall–Kier alpha value is -1.55. The van der Waals surface area contributed by atoms with E-state index in [4.69, 9.17) is 4.74 Å². The highest BCUT2D eigenvalue weighted by Crippen LogP contribution is 2.38. The summed E-state index contributed by atoms with van der Waals surface area (Å²) < 4.78 is 5.58. The summed E-state index contributed by atoms with van der Waals surface area (Å²) in [6.07, 6.45) is 5.06. The molecule has 0 radical (unpaired) electrons. The van der Waals surface area contributed by atoms with Gasteiger partial charge >= 0.3 is 0 Å². The number of likely N-dealkylation sites (tertiary alicyclic amines) is 2. The Morgan fingerprint density at radius 1 is 1.18 bits per heavy atom. The average molecular weight is 300 g/mol. The first-order valence-electron chi connectivity index (χ1n) is 8.40. The van der Waals surface area contributed by atoms with E-state index in [2.05, 4.69) is 23.1 Å². The third-order valence-corrected chi connectivity index (χ3v) is 5.84. The molecular weight excluding hydrogens is 276 g/mol. The van der Waals surface area contributed by atoms with Gasteiger partial charge in [-0.3, -0.25) is 9.69 Å². The van der Waals surface area contributed by atoms with Gasteiger partial charge in [0.25, 0.3) is 0 Å². The topological polar surface area (TPSA) is 32.8 Å². The lowest BCUT2D eigenvalue weighted by Gasteiger charge is -2.43. The molecule has 4 heteroatoms. The van der Waals surface area contributed by atoms with E-state index in [0.29, 0.717) is 5.91 Å². The monoisotopic (exact) mass is 300 g/mol. The number of fused-ring (bicyclic) bond motifs is 1. The Morgan fingerprint density at radius 2 is 2.00 bits per heavy atom. The van der Waals surface area contributed by atoms with Crippen LogP contribution in [-0.4, -0.2) is 48.0 Å². The molecule has 22 heavy (non-hydrogen) atoms. The van der Waals surface area contributed by atoms with Gasteiger partial charge in [0.05, 0.1) is 6.61 Å². The fraction of sp³-hybridized carbons (Fsp3) is 0.611. The van der Waals surface area contributed by atoms with Crippen LogP contribution in [0.2, 0.25) is 0 Å². The van der Waals surface area contributed by atoms with Crippen molar-refractivity contribution < 1.29 is 9.53 Å². The molecule has 0 unspecified atom stereocenters. The molecule has 3 aliphatic rings. The minimum absolute atomic E-state index is 0.152. The summed E-state index contributed by atoms with van der Waals surface area (Å²) in [6.45, 7) is 4.02. The van der Waals surface area contributed by atoms with Crippen LogP contribution < -0.4 is 4.74 Å². The van der Waals surface area contributed by atoms with Crippen molar-refractivity contribution >= 4 is 5.91 Å². The maximum absolute atomic E-state index is 11.8. The third-order valence-electron chi connectivity index (χ3n) is 5.84. The number of nitrogens with zero attached hydrogens (tertiary/aromatic N) is 2. The average Bonchev–Trinajstić information content (AvgIpc) is 3.10. The van der Waals surface area contributed by atoms with Crippen molar-refractivity contribution in [1.82, 2.24) is 9.80 Å². The molecule has 0 aliphatic carbocycles. The number of carbonyl (C=O) groups is 1. The van der Waals surface area contributed by atoms with E-state index in [1.807, 2.05) is 11.9 Å². The van der Waals surface area contributed by atoms with Crippen molar-refractivity contribution in [3.05, 3.63) is 29.3 Å². The molecule has 0 atom stereocenters. The number of ether oxygens (including phenoxy) is 1. The van der Waals surface area contributed by atoms with Gasteiger partial charge < -0.3 is 9.64 Å². The second-order valence-corrected chi connectivity index (χ2v) is 6.99. The maximum Gasteiger partial charge on any atom is 0.222 e. The maximum atomic E-state index is 11.8. The summed E-state index contributed by atoms with van der Waals surface area (Å²) in [4.78, 5) is 16.4. The number of benzene rings is 1. The van der Waals surface area contributed by atoms with E-state index in [-0.39, 0.29) is 5.54 Å². The molecule has 3 heterocycles. The zero-order valence-corrected chi connectivity index (χ0v) is 13.3. The minimum Gasteiger partial charge on any atom is -0.493 e. The van der Waals surface area contributed by atoms with Crippen molar-refractivity contribution in [1.29, 1.82) is 0 Å². The Morgan fingerprint density at radius 3 is 2.73 bits per heavy atom. The van der Waals surface area contributed by atoms with Gasteiger partial charge in [0.15, 0.2) is 0 Å². The minimum atomic E-state index is 0.152. The van der Waals surface area contributed by atoms with Crippen molar-refractivity contribution in [2.24, 2.45) is 0 Å². The van der Waals surface area contributed by atoms with Gasteiger partial charge in [-0.05, 0) is 36.5 Å². The van der Waals surface area contributed by atoms with Crippen LogP contribution in [0.5, 0.6) is 5.75 Å². The van der Waals surface area contributed by atoms with Gasteiger partial charge in [-0.2, -0.15) is 0 Å². The van der Waals surface area contributed by atoms with Gasteiger partial charge in [-0.15, -0.1) is 0 Å². The number of rotatable bonds is 2. The molecule has 0 bridgehead atoms. The van der Waals surface area contributed by atoms with Gasteiger partial charge in [0.1, 0.15) is 5.75 Å². The van der Waals surface area contributed by atoms with Crippen LogP contribution in [0.25, 0.3) is 0 Å². The molecule has 3 aliphatic heterocycles. The third kappa shape index (κ3) is 2.30. The van der Waals surface area contributed by atoms with E-state index in [1.54, 1.807) is 0 Å². The zero-order valence-electron chi connectivity index (χ0n) is 13.3. The summed E-state index contributed by atoms with van der Waals surface area (Å²) in [6, 6.07) is 6.62. The van der Waals surface area contributed by atoms with Gasteiger partial charge in [-0.1, -0.05) is 12.1 Å². The quantitative estimate of drug-likeness (QED) is 0.839. The lowest BCUT2D eigenvalue weighted by atomic mass is 9.85. The van der Waals surface area contributed by atoms with Crippen LogP contribution in [0.15, 0.2) is 18.2 Å². The highest BCUT2D eigenvalue weighted by molar-refractivity contribution is 5.79. The van der Waals surface area contributed by atoms with Crippen LogP contribution in [0.1, 0.15) is 36.8 Å². The van der Waals surface area contributed by atoms with Crippen LogP contribution in [-0.2, 0) is 17.8 Å². The van der Waals surface area contributed by atoms with Crippen molar-refractivity contribution in [3.8, 4) is 5.75 Å². The normalized spacial score (nSPS) is 23.9. The van der Waals surface area contributed by atoms with E-state index in [1.165, 1.54) is 11.1 Å². The molecule has 1 spiro atoms. The molecule has 0 aromatic heterocycles. The highest BCUT2D eigenvalue weighted by Gasteiger charge is 2.44. The molecule has 118 valence electrons. The predicted octanol–water partition coefficient (Wildman–Crippen LogP) is 2.21. The second kappa shape index (κ2) is 5.27. The first kappa shape index (κ1) is 14.1. The summed E-state index contributed by atoms with van der Waals surface area (Å²) in [5, 5.41) is 0. The number of piperidine rings is 1. The predicted molar refractivity (Wildman–Crippen MR) is 84.9 cm³/mol. The van der Waals surface area contributed by atoms with Gasteiger partial charge in [-0.25, -0.2) is 0 Å². The summed E-state index contributed by atoms with van der Waals surface area (Å²) in [5.41, 5.74) is 2.89. The van der Waals surface area contributed by atoms with E-state index in [0.717, 1.165) is 64.1 Å². The largest absolute Gasteiger partial charge is 0.493 e. The fourth-order valence-electron chi connectivity index (χ4n) is 4.25. The van der Waals surface area contributed by atoms with Crippen LogP contribution >= 0.6 is 0 Å².